The van der Waals surface area contributed by atoms with Crippen molar-refractivity contribution in [2.45, 2.75) is 44.2 Å². The van der Waals surface area contributed by atoms with E-state index in [9.17, 15) is 9.59 Å². The molecule has 2 aliphatic rings. The molecular formula is C12H21N3O2. The fourth-order valence-electron chi connectivity index (χ4n) is 2.83. The summed E-state index contributed by atoms with van der Waals surface area (Å²) in [6.45, 7) is 0.915. The first-order valence-electron chi connectivity index (χ1n) is 6.46. The number of rotatable bonds is 3. The van der Waals surface area contributed by atoms with Gasteiger partial charge in [0.05, 0.1) is 12.6 Å². The van der Waals surface area contributed by atoms with Crippen molar-refractivity contribution in [1.29, 1.82) is 0 Å². The zero-order chi connectivity index (χ0) is 12.3. The Morgan fingerprint density at radius 1 is 1.47 bits per heavy atom. The third kappa shape index (κ3) is 2.77. The standard InChI is InChI=1S/C12H21N3O2/c1-13-7-6-12(17)15-8-11(16)14-9-4-2-3-5-10(9)15/h9-10,13H,2-8H2,1H3,(H,14,16). The highest BCUT2D eigenvalue weighted by Crippen LogP contribution is 2.26. The Balaban J connectivity index is 2.02. The molecule has 2 amide bonds. The van der Waals surface area contributed by atoms with Crippen LogP contribution in [0.25, 0.3) is 0 Å². The van der Waals surface area contributed by atoms with E-state index in [2.05, 4.69) is 10.6 Å². The van der Waals surface area contributed by atoms with Gasteiger partial charge in [-0.15, -0.1) is 0 Å². The number of fused-ring (bicyclic) bond motifs is 1. The number of carbonyl (C=O) groups is 2. The summed E-state index contributed by atoms with van der Waals surface area (Å²) < 4.78 is 0. The van der Waals surface area contributed by atoms with E-state index in [1.54, 1.807) is 4.90 Å². The predicted molar refractivity (Wildman–Crippen MR) is 64.4 cm³/mol. The molecule has 2 atom stereocenters. The minimum absolute atomic E-state index is 0.00837. The van der Waals surface area contributed by atoms with Crippen LogP contribution in [0.15, 0.2) is 0 Å². The fourth-order valence-corrected chi connectivity index (χ4v) is 2.83. The van der Waals surface area contributed by atoms with Crippen LogP contribution in [0.3, 0.4) is 0 Å². The Bertz CT molecular complexity index is 306. The van der Waals surface area contributed by atoms with Gasteiger partial charge in [0.2, 0.25) is 11.8 Å². The van der Waals surface area contributed by atoms with E-state index in [1.807, 2.05) is 7.05 Å². The molecule has 0 bridgehead atoms. The maximum absolute atomic E-state index is 12.1. The molecule has 1 heterocycles. The van der Waals surface area contributed by atoms with E-state index in [-0.39, 0.29) is 30.4 Å². The first kappa shape index (κ1) is 12.4. The number of nitrogens with one attached hydrogen (secondary N) is 2. The summed E-state index contributed by atoms with van der Waals surface area (Å²) in [6.07, 6.45) is 4.82. The van der Waals surface area contributed by atoms with E-state index in [0.29, 0.717) is 13.0 Å². The van der Waals surface area contributed by atoms with Crippen LogP contribution in [0.2, 0.25) is 0 Å². The second-order valence-electron chi connectivity index (χ2n) is 4.90. The number of amides is 2. The topological polar surface area (TPSA) is 61.4 Å². The molecule has 1 aliphatic heterocycles. The zero-order valence-corrected chi connectivity index (χ0v) is 10.4. The molecule has 2 N–H and O–H groups in total. The van der Waals surface area contributed by atoms with Gasteiger partial charge in [-0.3, -0.25) is 9.59 Å². The van der Waals surface area contributed by atoms with E-state index in [4.69, 9.17) is 0 Å². The van der Waals surface area contributed by atoms with Gasteiger partial charge in [-0.1, -0.05) is 12.8 Å². The first-order chi connectivity index (χ1) is 8.22. The van der Waals surface area contributed by atoms with Crippen molar-refractivity contribution < 1.29 is 9.59 Å². The van der Waals surface area contributed by atoms with Crippen LogP contribution in [-0.4, -0.2) is 48.9 Å². The molecule has 2 unspecified atom stereocenters. The normalized spacial score (nSPS) is 28.5. The molecule has 1 aliphatic carbocycles. The van der Waals surface area contributed by atoms with Crippen LogP contribution in [0, 0.1) is 0 Å². The molecule has 0 spiro atoms. The van der Waals surface area contributed by atoms with Crippen LogP contribution in [-0.2, 0) is 9.59 Å². The summed E-state index contributed by atoms with van der Waals surface area (Å²) in [5, 5.41) is 5.98. The Hall–Kier alpha value is -1.10. The van der Waals surface area contributed by atoms with Crippen molar-refractivity contribution in [2.24, 2.45) is 0 Å². The Kier molecular flexibility index (Phi) is 3.99. The Morgan fingerprint density at radius 2 is 2.24 bits per heavy atom. The highest BCUT2D eigenvalue weighted by molar-refractivity contribution is 5.86. The van der Waals surface area contributed by atoms with Crippen LogP contribution < -0.4 is 10.6 Å². The number of hydrogen-bond acceptors (Lipinski definition) is 3. The van der Waals surface area contributed by atoms with E-state index >= 15 is 0 Å². The van der Waals surface area contributed by atoms with E-state index in [1.165, 1.54) is 0 Å². The maximum atomic E-state index is 12.1. The van der Waals surface area contributed by atoms with Crippen LogP contribution in [0.5, 0.6) is 0 Å². The van der Waals surface area contributed by atoms with Crippen molar-refractivity contribution in [3.63, 3.8) is 0 Å². The van der Waals surface area contributed by atoms with E-state index in [0.717, 1.165) is 25.7 Å². The van der Waals surface area contributed by atoms with Crippen LogP contribution in [0.4, 0.5) is 0 Å². The monoisotopic (exact) mass is 239 g/mol. The van der Waals surface area contributed by atoms with Crippen molar-refractivity contribution in [1.82, 2.24) is 15.5 Å². The van der Waals surface area contributed by atoms with Gasteiger partial charge in [-0.05, 0) is 19.9 Å². The number of hydrogen-bond donors (Lipinski definition) is 2. The minimum atomic E-state index is -0.00837. The van der Waals surface area contributed by atoms with Crippen LogP contribution >= 0.6 is 0 Å². The minimum Gasteiger partial charge on any atom is -0.350 e. The van der Waals surface area contributed by atoms with Gasteiger partial charge in [0.15, 0.2) is 0 Å². The maximum Gasteiger partial charge on any atom is 0.239 e. The highest BCUT2D eigenvalue weighted by Gasteiger charge is 2.38. The summed E-state index contributed by atoms with van der Waals surface area (Å²) in [5.74, 6) is 0.0945. The molecule has 5 heteroatoms. The fraction of sp³-hybridized carbons (Fsp3) is 0.833. The summed E-state index contributed by atoms with van der Waals surface area (Å²) in [7, 11) is 1.83. The number of nitrogens with zero attached hydrogens (tertiary/aromatic N) is 1. The lowest BCUT2D eigenvalue weighted by molar-refractivity contribution is -0.144. The van der Waals surface area contributed by atoms with E-state index < -0.39 is 0 Å². The quantitative estimate of drug-likeness (QED) is 0.721. The van der Waals surface area contributed by atoms with Gasteiger partial charge < -0.3 is 15.5 Å². The third-order valence-electron chi connectivity index (χ3n) is 3.70. The average molecular weight is 239 g/mol. The molecule has 17 heavy (non-hydrogen) atoms. The molecule has 2 rings (SSSR count). The lowest BCUT2D eigenvalue weighted by Crippen LogP contribution is -2.63. The molecule has 96 valence electrons. The molecular weight excluding hydrogens is 218 g/mol. The van der Waals surface area contributed by atoms with Gasteiger partial charge in [0, 0.05) is 19.0 Å². The molecule has 5 nitrogen and oxygen atoms in total. The van der Waals surface area contributed by atoms with Gasteiger partial charge in [0.1, 0.15) is 0 Å². The summed E-state index contributed by atoms with van der Waals surface area (Å²) in [4.78, 5) is 25.4. The lowest BCUT2D eigenvalue weighted by atomic mass is 9.87. The lowest BCUT2D eigenvalue weighted by Gasteiger charge is -2.44. The molecule has 0 aromatic carbocycles. The number of piperazine rings is 1. The van der Waals surface area contributed by atoms with Crippen molar-refractivity contribution >= 4 is 11.8 Å². The molecule has 0 aromatic heterocycles. The number of carbonyl (C=O) groups excluding carboxylic acids is 2. The molecule has 1 saturated heterocycles. The largest absolute Gasteiger partial charge is 0.350 e. The average Bonchev–Trinajstić information content (AvgIpc) is 2.34. The van der Waals surface area contributed by atoms with Crippen LogP contribution in [0.1, 0.15) is 32.1 Å². The summed E-state index contributed by atoms with van der Waals surface area (Å²) in [6, 6.07) is 0.411. The summed E-state index contributed by atoms with van der Waals surface area (Å²) >= 11 is 0. The smallest absolute Gasteiger partial charge is 0.239 e. The van der Waals surface area contributed by atoms with Crippen molar-refractivity contribution in [3.8, 4) is 0 Å². The molecule has 1 saturated carbocycles. The Morgan fingerprint density at radius 3 is 3.00 bits per heavy atom. The second kappa shape index (κ2) is 5.49. The SMILES string of the molecule is CNCCC(=O)N1CC(=O)NC2CCCCC21. The van der Waals surface area contributed by atoms with Gasteiger partial charge in [0.25, 0.3) is 0 Å². The third-order valence-corrected chi connectivity index (χ3v) is 3.70. The van der Waals surface area contributed by atoms with Crippen molar-refractivity contribution in [3.05, 3.63) is 0 Å². The first-order valence-corrected chi connectivity index (χ1v) is 6.46. The Labute approximate surface area is 102 Å². The molecule has 0 radical (unpaired) electrons. The molecule has 2 fully saturated rings. The predicted octanol–water partition coefficient (Wildman–Crippen LogP) is -0.134. The molecule has 0 aromatic rings. The van der Waals surface area contributed by atoms with Crippen molar-refractivity contribution in [2.75, 3.05) is 20.1 Å². The summed E-state index contributed by atoms with van der Waals surface area (Å²) in [5.41, 5.74) is 0. The van der Waals surface area contributed by atoms with Gasteiger partial charge >= 0.3 is 0 Å². The highest BCUT2D eigenvalue weighted by atomic mass is 16.2. The second-order valence-corrected chi connectivity index (χ2v) is 4.90. The van der Waals surface area contributed by atoms with Gasteiger partial charge in [-0.25, -0.2) is 0 Å². The zero-order valence-electron chi connectivity index (χ0n) is 10.4. The van der Waals surface area contributed by atoms with Gasteiger partial charge in [-0.2, -0.15) is 0 Å².